The molecule has 1 atom stereocenters. The number of amides is 2. The lowest BCUT2D eigenvalue weighted by atomic mass is 10.1. The molecule has 1 saturated heterocycles. The van der Waals surface area contributed by atoms with E-state index in [1.165, 1.54) is 0 Å². The first-order chi connectivity index (χ1) is 10.8. The third-order valence-electron chi connectivity index (χ3n) is 3.84. The molecule has 0 unspecified atom stereocenters. The molecule has 0 aliphatic carbocycles. The summed E-state index contributed by atoms with van der Waals surface area (Å²) in [6.07, 6.45) is 2.03. The summed E-state index contributed by atoms with van der Waals surface area (Å²) >= 11 is 1.56. The second-order valence-electron chi connectivity index (χ2n) is 5.33. The van der Waals surface area contributed by atoms with Crippen molar-refractivity contribution in [3.8, 4) is 11.3 Å². The Balaban J connectivity index is 1.70. The van der Waals surface area contributed by atoms with Gasteiger partial charge >= 0.3 is 6.03 Å². The average molecular weight is 317 g/mol. The third-order valence-corrected chi connectivity index (χ3v) is 4.43. The topological polar surface area (TPSA) is 54.5 Å². The SMILES string of the molecule is COC[C@@H]1CCCN1C(=O)Nc1cccc(-c2cscn2)c1. The van der Waals surface area contributed by atoms with Gasteiger partial charge in [0.1, 0.15) is 0 Å². The Morgan fingerprint density at radius 2 is 2.45 bits per heavy atom. The molecular weight excluding hydrogens is 298 g/mol. The number of thiazole rings is 1. The molecular formula is C16H19N3O2S. The Hall–Kier alpha value is -1.92. The summed E-state index contributed by atoms with van der Waals surface area (Å²) in [6, 6.07) is 7.89. The van der Waals surface area contributed by atoms with Crippen molar-refractivity contribution in [1.29, 1.82) is 0 Å². The Kier molecular flexibility index (Phi) is 4.70. The Bertz CT molecular complexity index is 630. The monoisotopic (exact) mass is 317 g/mol. The molecule has 2 amide bonds. The van der Waals surface area contributed by atoms with Crippen molar-refractivity contribution in [2.45, 2.75) is 18.9 Å². The molecule has 0 radical (unpaired) electrons. The van der Waals surface area contributed by atoms with E-state index >= 15 is 0 Å². The van der Waals surface area contributed by atoms with Crippen LogP contribution in [0.25, 0.3) is 11.3 Å². The number of nitrogens with one attached hydrogen (secondary N) is 1. The molecule has 1 aliphatic heterocycles. The number of methoxy groups -OCH3 is 1. The highest BCUT2D eigenvalue weighted by Crippen LogP contribution is 2.24. The number of nitrogens with zero attached hydrogens (tertiary/aromatic N) is 2. The molecule has 22 heavy (non-hydrogen) atoms. The summed E-state index contributed by atoms with van der Waals surface area (Å²) in [7, 11) is 1.67. The van der Waals surface area contributed by atoms with Gasteiger partial charge in [-0.15, -0.1) is 11.3 Å². The predicted octanol–water partition coefficient (Wildman–Crippen LogP) is 3.45. The number of benzene rings is 1. The molecule has 6 heteroatoms. The van der Waals surface area contributed by atoms with E-state index in [-0.39, 0.29) is 12.1 Å². The van der Waals surface area contributed by atoms with E-state index in [1.807, 2.05) is 34.5 Å². The van der Waals surface area contributed by atoms with Gasteiger partial charge < -0.3 is 15.0 Å². The van der Waals surface area contributed by atoms with Crippen LogP contribution in [-0.2, 0) is 4.74 Å². The van der Waals surface area contributed by atoms with E-state index in [4.69, 9.17) is 4.74 Å². The smallest absolute Gasteiger partial charge is 0.322 e. The maximum atomic E-state index is 12.4. The van der Waals surface area contributed by atoms with Crippen molar-refractivity contribution in [3.05, 3.63) is 35.2 Å². The van der Waals surface area contributed by atoms with E-state index in [2.05, 4.69) is 10.3 Å². The van der Waals surface area contributed by atoms with Crippen LogP contribution < -0.4 is 5.32 Å². The quantitative estimate of drug-likeness (QED) is 0.939. The summed E-state index contributed by atoms with van der Waals surface area (Å²) < 4.78 is 5.20. The van der Waals surface area contributed by atoms with Crippen LogP contribution in [0.15, 0.2) is 35.2 Å². The number of carbonyl (C=O) groups excluding carboxylic acids is 1. The van der Waals surface area contributed by atoms with Crippen LogP contribution >= 0.6 is 11.3 Å². The first-order valence-corrected chi connectivity index (χ1v) is 8.27. The predicted molar refractivity (Wildman–Crippen MR) is 88.2 cm³/mol. The fourth-order valence-corrected chi connectivity index (χ4v) is 3.34. The van der Waals surface area contributed by atoms with E-state index < -0.39 is 0 Å². The number of anilines is 1. The van der Waals surface area contributed by atoms with E-state index in [9.17, 15) is 4.79 Å². The molecule has 2 heterocycles. The molecule has 0 spiro atoms. The molecule has 1 aromatic carbocycles. The summed E-state index contributed by atoms with van der Waals surface area (Å²) in [5, 5.41) is 4.98. The minimum Gasteiger partial charge on any atom is -0.383 e. The normalized spacial score (nSPS) is 17.7. The van der Waals surface area contributed by atoms with Crippen LogP contribution in [-0.4, -0.2) is 42.2 Å². The second-order valence-corrected chi connectivity index (χ2v) is 6.05. The van der Waals surface area contributed by atoms with Gasteiger partial charge in [-0.1, -0.05) is 12.1 Å². The van der Waals surface area contributed by atoms with Crippen molar-refractivity contribution >= 4 is 23.1 Å². The van der Waals surface area contributed by atoms with Gasteiger partial charge in [-0.2, -0.15) is 0 Å². The van der Waals surface area contributed by atoms with Gasteiger partial charge in [0.15, 0.2) is 0 Å². The summed E-state index contributed by atoms with van der Waals surface area (Å²) in [5.74, 6) is 0. The van der Waals surface area contributed by atoms with Crippen molar-refractivity contribution in [2.75, 3.05) is 25.6 Å². The Morgan fingerprint density at radius 1 is 1.55 bits per heavy atom. The van der Waals surface area contributed by atoms with Gasteiger partial charge in [0, 0.05) is 30.3 Å². The lowest BCUT2D eigenvalue weighted by Gasteiger charge is -2.24. The highest BCUT2D eigenvalue weighted by atomic mass is 32.1. The fourth-order valence-electron chi connectivity index (χ4n) is 2.78. The number of likely N-dealkylation sites (tertiary alicyclic amines) is 1. The van der Waals surface area contributed by atoms with Gasteiger partial charge in [0.2, 0.25) is 0 Å². The van der Waals surface area contributed by atoms with Crippen LogP contribution in [0.2, 0.25) is 0 Å². The van der Waals surface area contributed by atoms with Crippen LogP contribution in [0.3, 0.4) is 0 Å². The average Bonchev–Trinajstić information content (AvgIpc) is 3.19. The van der Waals surface area contributed by atoms with Crippen molar-refractivity contribution in [1.82, 2.24) is 9.88 Å². The zero-order chi connectivity index (χ0) is 15.4. The molecule has 1 fully saturated rings. The highest BCUT2D eigenvalue weighted by molar-refractivity contribution is 7.07. The maximum Gasteiger partial charge on any atom is 0.322 e. The zero-order valence-corrected chi connectivity index (χ0v) is 13.3. The molecule has 1 N–H and O–H groups in total. The van der Waals surface area contributed by atoms with Crippen LogP contribution in [0.5, 0.6) is 0 Å². The van der Waals surface area contributed by atoms with E-state index in [1.54, 1.807) is 24.0 Å². The molecule has 5 nitrogen and oxygen atoms in total. The molecule has 1 aliphatic rings. The van der Waals surface area contributed by atoms with Crippen LogP contribution in [0, 0.1) is 0 Å². The van der Waals surface area contributed by atoms with Gasteiger partial charge in [-0.25, -0.2) is 9.78 Å². The molecule has 116 valence electrons. The molecule has 0 saturated carbocycles. The van der Waals surface area contributed by atoms with Crippen molar-refractivity contribution < 1.29 is 9.53 Å². The minimum atomic E-state index is -0.0602. The van der Waals surface area contributed by atoms with Gasteiger partial charge in [-0.05, 0) is 25.0 Å². The summed E-state index contributed by atoms with van der Waals surface area (Å²) in [5.41, 5.74) is 4.53. The van der Waals surface area contributed by atoms with Crippen LogP contribution in [0.1, 0.15) is 12.8 Å². The third kappa shape index (κ3) is 3.28. The zero-order valence-electron chi connectivity index (χ0n) is 12.5. The number of rotatable bonds is 4. The highest BCUT2D eigenvalue weighted by Gasteiger charge is 2.28. The van der Waals surface area contributed by atoms with E-state index in [0.29, 0.717) is 6.61 Å². The number of ether oxygens (including phenoxy) is 1. The Labute approximate surface area is 133 Å². The summed E-state index contributed by atoms with van der Waals surface area (Å²) in [6.45, 7) is 1.37. The fraction of sp³-hybridized carbons (Fsp3) is 0.375. The van der Waals surface area contributed by atoms with Gasteiger partial charge in [0.05, 0.1) is 23.9 Å². The van der Waals surface area contributed by atoms with E-state index in [0.717, 1.165) is 36.3 Å². The van der Waals surface area contributed by atoms with Gasteiger partial charge in [-0.3, -0.25) is 0 Å². The van der Waals surface area contributed by atoms with Crippen molar-refractivity contribution in [3.63, 3.8) is 0 Å². The first-order valence-electron chi connectivity index (χ1n) is 7.33. The molecule has 3 rings (SSSR count). The van der Waals surface area contributed by atoms with Crippen LogP contribution in [0.4, 0.5) is 10.5 Å². The number of aromatic nitrogens is 1. The summed E-state index contributed by atoms with van der Waals surface area (Å²) in [4.78, 5) is 18.6. The molecule has 2 aromatic rings. The lowest BCUT2D eigenvalue weighted by Crippen LogP contribution is -2.40. The standard InChI is InChI=1S/C16H19N3O2S/c1-21-9-14-6-3-7-19(14)16(20)18-13-5-2-4-12(8-13)15-10-22-11-17-15/h2,4-5,8,10-11,14H,3,6-7,9H2,1H3,(H,18,20)/t14-/m0/s1. The first kappa shape index (κ1) is 15.0. The molecule has 1 aromatic heterocycles. The largest absolute Gasteiger partial charge is 0.383 e. The van der Waals surface area contributed by atoms with Gasteiger partial charge in [0.25, 0.3) is 0 Å². The Morgan fingerprint density at radius 3 is 3.23 bits per heavy atom. The number of carbonyl (C=O) groups is 1. The maximum absolute atomic E-state index is 12.4. The molecule has 0 bridgehead atoms. The number of urea groups is 1. The lowest BCUT2D eigenvalue weighted by molar-refractivity contribution is 0.128. The second kappa shape index (κ2) is 6.89. The van der Waals surface area contributed by atoms with Crippen molar-refractivity contribution in [2.24, 2.45) is 0 Å². The number of hydrogen-bond donors (Lipinski definition) is 1. The minimum absolute atomic E-state index is 0.0602. The number of hydrogen-bond acceptors (Lipinski definition) is 4.